The molecule has 19 heavy (non-hydrogen) atoms. The highest BCUT2D eigenvalue weighted by Crippen LogP contribution is 2.22. The summed E-state index contributed by atoms with van der Waals surface area (Å²) in [5.74, 6) is 0. The van der Waals surface area contributed by atoms with Crippen LogP contribution in [0.4, 0.5) is 11.4 Å². The number of nitrogens with one attached hydrogen (secondary N) is 1. The van der Waals surface area contributed by atoms with Crippen molar-refractivity contribution in [2.75, 3.05) is 10.5 Å². The summed E-state index contributed by atoms with van der Waals surface area (Å²) in [6.07, 6.45) is 0. The van der Waals surface area contributed by atoms with Crippen molar-refractivity contribution in [3.05, 3.63) is 47.8 Å². The van der Waals surface area contributed by atoms with Gasteiger partial charge in [0.1, 0.15) is 4.90 Å². The Hall–Kier alpha value is -2.08. The second-order valence-corrected chi connectivity index (χ2v) is 5.88. The Labute approximate surface area is 112 Å². The lowest BCUT2D eigenvalue weighted by atomic mass is 10.3. The topological polar surface area (TPSA) is 85.1 Å². The van der Waals surface area contributed by atoms with Crippen LogP contribution in [0.3, 0.4) is 0 Å². The van der Waals surface area contributed by atoms with Crippen LogP contribution in [0.5, 0.6) is 0 Å². The highest BCUT2D eigenvalue weighted by molar-refractivity contribution is 7.92. The molecule has 0 radical (unpaired) electrons. The van der Waals surface area contributed by atoms with Gasteiger partial charge in [0, 0.05) is 5.69 Å². The molecule has 2 rings (SSSR count). The number of sulfonamides is 1. The molecule has 0 aliphatic carbocycles. The van der Waals surface area contributed by atoms with Gasteiger partial charge < -0.3 is 5.73 Å². The van der Waals surface area contributed by atoms with E-state index in [9.17, 15) is 8.42 Å². The summed E-state index contributed by atoms with van der Waals surface area (Å²) in [7, 11) is -3.69. The molecule has 0 fully saturated rings. The number of aryl methyl sites for hydroxylation is 2. The molecule has 0 aliphatic rings. The lowest BCUT2D eigenvalue weighted by molar-refractivity contribution is 0.601. The van der Waals surface area contributed by atoms with Crippen LogP contribution in [-0.4, -0.2) is 13.4 Å². The number of nitrogens with zero attached hydrogens (tertiary/aromatic N) is 1. The maximum Gasteiger partial charge on any atom is 0.264 e. The van der Waals surface area contributed by atoms with E-state index < -0.39 is 10.0 Å². The molecule has 0 amide bonds. The largest absolute Gasteiger partial charge is 0.398 e. The molecular formula is C13H15N3O2S. The molecule has 5 nitrogen and oxygen atoms in total. The van der Waals surface area contributed by atoms with Gasteiger partial charge in [-0.25, -0.2) is 8.42 Å². The van der Waals surface area contributed by atoms with Gasteiger partial charge in [0.2, 0.25) is 0 Å². The molecule has 0 saturated carbocycles. The Bertz CT molecular complexity index is 712. The highest BCUT2D eigenvalue weighted by Gasteiger charge is 2.18. The summed E-state index contributed by atoms with van der Waals surface area (Å²) in [5.41, 5.74) is 7.81. The Morgan fingerprint density at radius 3 is 2.42 bits per heavy atom. The molecular weight excluding hydrogens is 262 g/mol. The number of hydrogen-bond donors (Lipinski definition) is 2. The van der Waals surface area contributed by atoms with Gasteiger partial charge in [-0.15, -0.1) is 0 Å². The Kier molecular flexibility index (Phi) is 3.44. The zero-order valence-corrected chi connectivity index (χ0v) is 11.5. The first kappa shape index (κ1) is 13.4. The summed E-state index contributed by atoms with van der Waals surface area (Å²) in [5, 5.41) is 0. The predicted octanol–water partition coefficient (Wildman–Crippen LogP) is 2.08. The normalized spacial score (nSPS) is 11.3. The van der Waals surface area contributed by atoms with Gasteiger partial charge in [-0.2, -0.15) is 0 Å². The quantitative estimate of drug-likeness (QED) is 0.841. The molecule has 1 aromatic heterocycles. The van der Waals surface area contributed by atoms with Crippen molar-refractivity contribution < 1.29 is 8.42 Å². The summed E-state index contributed by atoms with van der Waals surface area (Å²) < 4.78 is 27.0. The number of benzene rings is 1. The van der Waals surface area contributed by atoms with E-state index in [0.717, 1.165) is 5.69 Å². The molecule has 6 heteroatoms. The molecule has 0 aliphatic heterocycles. The molecule has 0 saturated heterocycles. The molecule has 1 aromatic carbocycles. The molecule has 0 unspecified atom stereocenters. The van der Waals surface area contributed by atoms with Crippen molar-refractivity contribution in [1.82, 2.24) is 4.98 Å². The Morgan fingerprint density at radius 2 is 1.79 bits per heavy atom. The second-order valence-electron chi connectivity index (χ2n) is 4.23. The minimum atomic E-state index is -3.69. The van der Waals surface area contributed by atoms with Crippen molar-refractivity contribution in [3.63, 3.8) is 0 Å². The number of aromatic nitrogens is 1. The fourth-order valence-electron chi connectivity index (χ4n) is 1.72. The first-order valence-electron chi connectivity index (χ1n) is 5.72. The van der Waals surface area contributed by atoms with E-state index in [1.165, 1.54) is 6.07 Å². The van der Waals surface area contributed by atoms with E-state index in [4.69, 9.17) is 5.73 Å². The summed E-state index contributed by atoms with van der Waals surface area (Å²) in [6, 6.07) is 9.77. The van der Waals surface area contributed by atoms with Gasteiger partial charge in [-0.3, -0.25) is 9.71 Å². The molecule has 3 N–H and O–H groups in total. The standard InChI is InChI=1S/C13H15N3O2S/c1-9-7-8-12(10(2)15-9)16-19(17,18)13-6-4-3-5-11(13)14/h3-8,16H,14H2,1-2H3. The highest BCUT2D eigenvalue weighted by atomic mass is 32.2. The van der Waals surface area contributed by atoms with Gasteiger partial charge in [0.15, 0.2) is 0 Å². The third kappa shape index (κ3) is 2.85. The van der Waals surface area contributed by atoms with Crippen LogP contribution in [0.1, 0.15) is 11.4 Å². The zero-order chi connectivity index (χ0) is 14.0. The van der Waals surface area contributed by atoms with Gasteiger partial charge in [0.25, 0.3) is 10.0 Å². The molecule has 0 spiro atoms. The van der Waals surface area contributed by atoms with Crippen molar-refractivity contribution in [3.8, 4) is 0 Å². The maximum absolute atomic E-state index is 12.2. The number of anilines is 2. The van der Waals surface area contributed by atoms with Crippen LogP contribution >= 0.6 is 0 Å². The molecule has 1 heterocycles. The van der Waals surface area contributed by atoms with E-state index in [1.54, 1.807) is 37.3 Å². The molecule has 0 atom stereocenters. The van der Waals surface area contributed by atoms with E-state index in [-0.39, 0.29) is 10.6 Å². The molecule has 2 aromatic rings. The number of hydrogen-bond acceptors (Lipinski definition) is 4. The Morgan fingerprint density at radius 1 is 1.11 bits per heavy atom. The fraction of sp³-hybridized carbons (Fsp3) is 0.154. The van der Waals surface area contributed by atoms with Gasteiger partial charge in [-0.05, 0) is 38.1 Å². The van der Waals surface area contributed by atoms with E-state index >= 15 is 0 Å². The number of nitrogen functional groups attached to an aromatic ring is 1. The summed E-state index contributed by atoms with van der Waals surface area (Å²) in [4.78, 5) is 4.28. The first-order valence-corrected chi connectivity index (χ1v) is 7.20. The van der Waals surface area contributed by atoms with E-state index in [0.29, 0.717) is 11.4 Å². The zero-order valence-electron chi connectivity index (χ0n) is 10.7. The maximum atomic E-state index is 12.2. The van der Waals surface area contributed by atoms with E-state index in [1.807, 2.05) is 6.92 Å². The van der Waals surface area contributed by atoms with Crippen LogP contribution in [-0.2, 0) is 10.0 Å². The van der Waals surface area contributed by atoms with Crippen molar-refractivity contribution in [1.29, 1.82) is 0 Å². The van der Waals surface area contributed by atoms with Crippen LogP contribution < -0.4 is 10.5 Å². The number of nitrogens with two attached hydrogens (primary N) is 1. The fourth-order valence-corrected chi connectivity index (χ4v) is 2.97. The Balaban J connectivity index is 2.40. The van der Waals surface area contributed by atoms with Crippen molar-refractivity contribution >= 4 is 21.4 Å². The average Bonchev–Trinajstić information content (AvgIpc) is 2.33. The van der Waals surface area contributed by atoms with Gasteiger partial charge in [0.05, 0.1) is 17.1 Å². The number of pyridine rings is 1. The van der Waals surface area contributed by atoms with Crippen LogP contribution in [0.25, 0.3) is 0 Å². The van der Waals surface area contributed by atoms with Gasteiger partial charge >= 0.3 is 0 Å². The van der Waals surface area contributed by atoms with Crippen LogP contribution in [0.2, 0.25) is 0 Å². The van der Waals surface area contributed by atoms with Crippen LogP contribution in [0.15, 0.2) is 41.3 Å². The summed E-state index contributed by atoms with van der Waals surface area (Å²) >= 11 is 0. The minimum absolute atomic E-state index is 0.0648. The predicted molar refractivity (Wildman–Crippen MR) is 75.4 cm³/mol. The monoisotopic (exact) mass is 277 g/mol. The average molecular weight is 277 g/mol. The minimum Gasteiger partial charge on any atom is -0.398 e. The smallest absolute Gasteiger partial charge is 0.264 e. The van der Waals surface area contributed by atoms with Crippen molar-refractivity contribution in [2.45, 2.75) is 18.7 Å². The third-order valence-corrected chi connectivity index (χ3v) is 4.12. The van der Waals surface area contributed by atoms with Crippen molar-refractivity contribution in [2.24, 2.45) is 0 Å². The van der Waals surface area contributed by atoms with Crippen LogP contribution in [0, 0.1) is 13.8 Å². The molecule has 100 valence electrons. The third-order valence-electron chi connectivity index (χ3n) is 2.68. The summed E-state index contributed by atoms with van der Waals surface area (Å²) in [6.45, 7) is 3.60. The SMILES string of the molecule is Cc1ccc(NS(=O)(=O)c2ccccc2N)c(C)n1. The van der Waals surface area contributed by atoms with E-state index in [2.05, 4.69) is 9.71 Å². The molecule has 0 bridgehead atoms. The number of para-hydroxylation sites is 1. The van der Waals surface area contributed by atoms with Gasteiger partial charge in [-0.1, -0.05) is 12.1 Å². The lowest BCUT2D eigenvalue weighted by Crippen LogP contribution is -2.15. The number of rotatable bonds is 3. The second kappa shape index (κ2) is 4.89. The lowest BCUT2D eigenvalue weighted by Gasteiger charge is -2.11. The first-order chi connectivity index (χ1) is 8.90.